The summed E-state index contributed by atoms with van der Waals surface area (Å²) in [6, 6.07) is 30.0. The number of rotatable bonds is 2. The maximum absolute atomic E-state index is 2.26. The minimum absolute atomic E-state index is 1.24. The second-order valence-corrected chi connectivity index (χ2v) is 5.85. The fraction of sp³-hybridized carbons (Fsp3) is 0.0455. The Balaban J connectivity index is 1.85. The molecule has 0 unspecified atom stereocenters. The van der Waals surface area contributed by atoms with E-state index in [0.717, 1.165) is 0 Å². The summed E-state index contributed by atoms with van der Waals surface area (Å²) in [4.78, 5) is 0. The van der Waals surface area contributed by atoms with Gasteiger partial charge in [0.25, 0.3) is 0 Å². The van der Waals surface area contributed by atoms with Gasteiger partial charge in [-0.3, -0.25) is 0 Å². The van der Waals surface area contributed by atoms with E-state index in [-0.39, 0.29) is 0 Å². The summed E-state index contributed by atoms with van der Waals surface area (Å²) in [6.45, 7) is 0. The molecule has 0 atom stereocenters. The number of para-hydroxylation sites is 1. The van der Waals surface area contributed by atoms with E-state index >= 15 is 0 Å². The van der Waals surface area contributed by atoms with Crippen molar-refractivity contribution in [1.29, 1.82) is 0 Å². The van der Waals surface area contributed by atoms with Crippen LogP contribution in [-0.2, 0) is 7.05 Å². The van der Waals surface area contributed by atoms with Crippen LogP contribution in [0.2, 0.25) is 0 Å². The molecule has 23 heavy (non-hydrogen) atoms. The van der Waals surface area contributed by atoms with Crippen molar-refractivity contribution in [3.05, 3.63) is 91.1 Å². The Hall–Kier alpha value is -2.93. The molecule has 1 heterocycles. The molecule has 1 aromatic heterocycles. The molecular weight excluding hydrogens is 278 g/mol. The zero-order valence-electron chi connectivity index (χ0n) is 13.1. The molecule has 0 radical (unpaired) electrons. The molecule has 0 saturated carbocycles. The fourth-order valence-corrected chi connectivity index (χ4v) is 3.08. The van der Waals surface area contributed by atoms with Crippen LogP contribution in [0.1, 0.15) is 0 Å². The molecule has 0 N–H and O–H groups in total. The van der Waals surface area contributed by atoms with Gasteiger partial charge in [-0.2, -0.15) is 0 Å². The highest BCUT2D eigenvalue weighted by atomic mass is 14.9. The third-order valence-electron chi connectivity index (χ3n) is 4.26. The van der Waals surface area contributed by atoms with Gasteiger partial charge in [-0.05, 0) is 34.9 Å². The van der Waals surface area contributed by atoms with E-state index in [4.69, 9.17) is 0 Å². The highest BCUT2D eigenvalue weighted by molar-refractivity contribution is 5.82. The smallest absolute Gasteiger partial charge is 0.200 e. The molecule has 4 rings (SSSR count). The van der Waals surface area contributed by atoms with Gasteiger partial charge in [0, 0.05) is 17.0 Å². The van der Waals surface area contributed by atoms with E-state index in [1.807, 2.05) is 0 Å². The third-order valence-corrected chi connectivity index (χ3v) is 4.26. The Morgan fingerprint density at radius 1 is 0.565 bits per heavy atom. The first-order chi connectivity index (χ1) is 11.3. The second kappa shape index (κ2) is 5.69. The van der Waals surface area contributed by atoms with Crippen LogP contribution < -0.4 is 4.57 Å². The number of hydrogen-bond acceptors (Lipinski definition) is 0. The van der Waals surface area contributed by atoms with Gasteiger partial charge in [-0.25, -0.2) is 4.57 Å². The summed E-state index contributed by atoms with van der Waals surface area (Å²) in [5, 5.41) is 1.26. The summed E-state index contributed by atoms with van der Waals surface area (Å²) in [5.41, 5.74) is 6.23. The number of pyridine rings is 1. The SMILES string of the molecule is C[n+]1cc(-c2cccc(-c3ccccc3)c2)cc2ccccc21. The zero-order chi connectivity index (χ0) is 15.6. The predicted molar refractivity (Wildman–Crippen MR) is 96.0 cm³/mol. The summed E-state index contributed by atoms with van der Waals surface area (Å²) >= 11 is 0. The number of hydrogen-bond donors (Lipinski definition) is 0. The fourth-order valence-electron chi connectivity index (χ4n) is 3.08. The number of aryl methyl sites for hydroxylation is 1. The first-order valence-corrected chi connectivity index (χ1v) is 7.85. The molecule has 0 spiro atoms. The lowest BCUT2D eigenvalue weighted by molar-refractivity contribution is -0.644. The van der Waals surface area contributed by atoms with Crippen LogP contribution in [-0.4, -0.2) is 0 Å². The first kappa shape index (κ1) is 13.7. The summed E-state index contributed by atoms with van der Waals surface area (Å²) in [7, 11) is 2.10. The molecule has 0 aliphatic rings. The van der Waals surface area contributed by atoms with Gasteiger partial charge in [0.15, 0.2) is 6.20 Å². The maximum atomic E-state index is 2.26. The van der Waals surface area contributed by atoms with Crippen molar-refractivity contribution in [3.8, 4) is 22.3 Å². The van der Waals surface area contributed by atoms with E-state index < -0.39 is 0 Å². The van der Waals surface area contributed by atoms with Crippen molar-refractivity contribution < 1.29 is 4.57 Å². The van der Waals surface area contributed by atoms with Crippen LogP contribution in [0.5, 0.6) is 0 Å². The molecule has 1 heteroatoms. The van der Waals surface area contributed by atoms with Gasteiger partial charge in [-0.15, -0.1) is 0 Å². The molecule has 0 aliphatic heterocycles. The number of benzene rings is 3. The molecule has 0 aliphatic carbocycles. The topological polar surface area (TPSA) is 3.88 Å². The number of fused-ring (bicyclic) bond motifs is 1. The van der Waals surface area contributed by atoms with Gasteiger partial charge in [0.2, 0.25) is 5.52 Å². The Labute approximate surface area is 136 Å². The molecule has 0 fully saturated rings. The summed E-state index contributed by atoms with van der Waals surface area (Å²) in [6.07, 6.45) is 2.20. The molecule has 1 nitrogen and oxygen atoms in total. The van der Waals surface area contributed by atoms with Crippen LogP contribution in [0.3, 0.4) is 0 Å². The second-order valence-electron chi connectivity index (χ2n) is 5.85. The monoisotopic (exact) mass is 296 g/mol. The normalized spacial score (nSPS) is 10.8. The van der Waals surface area contributed by atoms with Crippen LogP contribution in [0.15, 0.2) is 91.1 Å². The van der Waals surface area contributed by atoms with Crippen molar-refractivity contribution in [1.82, 2.24) is 0 Å². The van der Waals surface area contributed by atoms with Crippen molar-refractivity contribution in [3.63, 3.8) is 0 Å². The van der Waals surface area contributed by atoms with Crippen molar-refractivity contribution >= 4 is 10.9 Å². The highest BCUT2D eigenvalue weighted by Gasteiger charge is 2.09. The third kappa shape index (κ3) is 2.62. The van der Waals surface area contributed by atoms with Gasteiger partial charge in [-0.1, -0.05) is 60.7 Å². The van der Waals surface area contributed by atoms with Gasteiger partial charge >= 0.3 is 0 Å². The van der Waals surface area contributed by atoms with Crippen LogP contribution in [0, 0.1) is 0 Å². The molecule has 3 aromatic carbocycles. The molecule has 110 valence electrons. The van der Waals surface area contributed by atoms with Crippen molar-refractivity contribution in [2.45, 2.75) is 0 Å². The molecule has 0 amide bonds. The van der Waals surface area contributed by atoms with Gasteiger partial charge < -0.3 is 0 Å². The lowest BCUT2D eigenvalue weighted by Gasteiger charge is -2.06. The van der Waals surface area contributed by atoms with E-state index in [1.54, 1.807) is 0 Å². The Morgan fingerprint density at radius 2 is 1.22 bits per heavy atom. The molecule has 0 saturated heterocycles. The molecule has 4 aromatic rings. The average molecular weight is 296 g/mol. The average Bonchev–Trinajstić information content (AvgIpc) is 2.62. The predicted octanol–water partition coefficient (Wildman–Crippen LogP) is 5.00. The lowest BCUT2D eigenvalue weighted by atomic mass is 9.99. The van der Waals surface area contributed by atoms with Crippen LogP contribution in [0.4, 0.5) is 0 Å². The van der Waals surface area contributed by atoms with Crippen LogP contribution >= 0.6 is 0 Å². The van der Waals surface area contributed by atoms with Gasteiger partial charge in [0.05, 0.1) is 0 Å². The minimum Gasteiger partial charge on any atom is -0.200 e. The Kier molecular flexibility index (Phi) is 3.39. The number of nitrogens with zero attached hydrogens (tertiary/aromatic N) is 1. The zero-order valence-corrected chi connectivity index (χ0v) is 13.1. The number of aromatic nitrogens is 1. The van der Waals surface area contributed by atoms with E-state index in [1.165, 1.54) is 33.2 Å². The Bertz CT molecular complexity index is 971. The standard InChI is InChI=1S/C22H18N/c1-23-16-21(15-20-10-5-6-13-22(20)23)19-12-7-11-18(14-19)17-8-3-2-4-9-17/h2-16H,1H3/q+1. The quantitative estimate of drug-likeness (QED) is 0.458. The van der Waals surface area contributed by atoms with Gasteiger partial charge in [0.1, 0.15) is 7.05 Å². The molecular formula is C22H18N+. The lowest BCUT2D eigenvalue weighted by Crippen LogP contribution is -2.28. The first-order valence-electron chi connectivity index (χ1n) is 7.85. The van der Waals surface area contributed by atoms with E-state index in [0.29, 0.717) is 0 Å². The molecule has 0 bridgehead atoms. The van der Waals surface area contributed by atoms with Crippen LogP contribution in [0.25, 0.3) is 33.2 Å². The largest absolute Gasteiger partial charge is 0.212 e. The van der Waals surface area contributed by atoms with E-state index in [2.05, 4.69) is 103 Å². The summed E-state index contributed by atoms with van der Waals surface area (Å²) < 4.78 is 2.19. The van der Waals surface area contributed by atoms with E-state index in [9.17, 15) is 0 Å². The summed E-state index contributed by atoms with van der Waals surface area (Å²) in [5.74, 6) is 0. The van der Waals surface area contributed by atoms with Crippen molar-refractivity contribution in [2.24, 2.45) is 7.05 Å². The van der Waals surface area contributed by atoms with Crippen molar-refractivity contribution in [2.75, 3.05) is 0 Å². The highest BCUT2D eigenvalue weighted by Crippen LogP contribution is 2.27. The minimum atomic E-state index is 1.24. The Morgan fingerprint density at radius 3 is 2.04 bits per heavy atom. The maximum Gasteiger partial charge on any atom is 0.212 e.